The number of nitrogens with one attached hydrogen (secondary N) is 1. The van der Waals surface area contributed by atoms with Gasteiger partial charge in [-0.05, 0) is 36.2 Å². The predicted molar refractivity (Wildman–Crippen MR) is 102 cm³/mol. The highest BCUT2D eigenvalue weighted by Crippen LogP contribution is 2.50. The Labute approximate surface area is 179 Å². The number of halogens is 6. The molecule has 2 heterocycles. The fraction of sp³-hybridized carbons (Fsp3) is 0.409. The molecule has 0 radical (unpaired) electrons. The van der Waals surface area contributed by atoms with Gasteiger partial charge in [0.05, 0.1) is 35.4 Å². The van der Waals surface area contributed by atoms with E-state index < -0.39 is 59.5 Å². The van der Waals surface area contributed by atoms with Gasteiger partial charge in [-0.3, -0.25) is 4.79 Å². The second kappa shape index (κ2) is 7.77. The lowest BCUT2D eigenvalue weighted by atomic mass is 9.73. The summed E-state index contributed by atoms with van der Waals surface area (Å²) in [5.74, 6) is -2.52. The van der Waals surface area contributed by atoms with Crippen LogP contribution in [0, 0.1) is 12.8 Å². The van der Waals surface area contributed by atoms with Crippen molar-refractivity contribution in [1.29, 1.82) is 0 Å². The van der Waals surface area contributed by atoms with Crippen molar-refractivity contribution in [3.05, 3.63) is 64.7 Å². The summed E-state index contributed by atoms with van der Waals surface area (Å²) < 4.78 is 84.8. The van der Waals surface area contributed by atoms with Crippen molar-refractivity contribution in [2.45, 2.75) is 49.9 Å². The molecule has 5 atom stereocenters. The summed E-state index contributed by atoms with van der Waals surface area (Å²) in [4.78, 5) is 13.0. The van der Waals surface area contributed by atoms with E-state index >= 15 is 0 Å². The summed E-state index contributed by atoms with van der Waals surface area (Å²) >= 11 is 0. The number of aliphatic hydroxyl groups is 1. The average Bonchev–Trinajstić information content (AvgIpc) is 3.25. The van der Waals surface area contributed by atoms with Crippen molar-refractivity contribution in [3.63, 3.8) is 0 Å². The minimum absolute atomic E-state index is 0.0104. The van der Waals surface area contributed by atoms with E-state index in [4.69, 9.17) is 4.74 Å². The third-order valence-corrected chi connectivity index (χ3v) is 6.04. The van der Waals surface area contributed by atoms with Crippen molar-refractivity contribution in [3.8, 4) is 0 Å². The molecule has 2 fully saturated rings. The molecular weight excluding hydrogens is 440 g/mol. The molecule has 1 amide bonds. The van der Waals surface area contributed by atoms with Gasteiger partial charge in [0.15, 0.2) is 0 Å². The third kappa shape index (κ3) is 4.09. The topological polar surface area (TPSA) is 58.6 Å². The highest BCUT2D eigenvalue weighted by molar-refractivity contribution is 5.94. The normalized spacial score (nSPS) is 27.6. The van der Waals surface area contributed by atoms with Crippen molar-refractivity contribution in [1.82, 2.24) is 0 Å². The fourth-order valence-electron chi connectivity index (χ4n) is 4.59. The van der Waals surface area contributed by atoms with Gasteiger partial charge in [0.2, 0.25) is 5.91 Å². The summed E-state index contributed by atoms with van der Waals surface area (Å²) in [6.07, 6.45) is -11.7. The molecule has 172 valence electrons. The van der Waals surface area contributed by atoms with Crippen LogP contribution in [0.25, 0.3) is 0 Å². The lowest BCUT2D eigenvalue weighted by molar-refractivity contribution is -0.138. The smallest absolute Gasteiger partial charge is 0.390 e. The Balaban J connectivity index is 1.65. The van der Waals surface area contributed by atoms with Crippen molar-refractivity contribution < 1.29 is 41.0 Å². The first-order valence-corrected chi connectivity index (χ1v) is 9.85. The second-order valence-corrected chi connectivity index (χ2v) is 8.13. The minimum Gasteiger partial charge on any atom is -0.390 e. The summed E-state index contributed by atoms with van der Waals surface area (Å²) in [5, 5.41) is 12.7. The van der Waals surface area contributed by atoms with Crippen LogP contribution in [0.5, 0.6) is 0 Å². The number of aryl methyl sites for hydroxylation is 1. The number of fused-ring (bicyclic) bond motifs is 2. The maximum atomic E-state index is 13.2. The summed E-state index contributed by atoms with van der Waals surface area (Å²) in [5.41, 5.74) is -1.72. The highest BCUT2D eigenvalue weighted by Gasteiger charge is 2.57. The Kier molecular flexibility index (Phi) is 5.49. The van der Waals surface area contributed by atoms with Crippen LogP contribution in [-0.2, 0) is 21.9 Å². The summed E-state index contributed by atoms with van der Waals surface area (Å²) in [6, 6.07) is 7.80. The maximum Gasteiger partial charge on any atom is 0.416 e. The molecule has 2 aromatic carbocycles. The SMILES string of the molecule is Cc1ccc(NC(=O)[C@@H]2[C@@H](c3cccc(C(F)(F)F)c3)[C@H]3O[C@@H]2C[C@@H]3O)cc1C(F)(F)F. The molecule has 0 aromatic heterocycles. The van der Waals surface area contributed by atoms with Crippen LogP contribution in [0.2, 0.25) is 0 Å². The zero-order valence-electron chi connectivity index (χ0n) is 16.7. The van der Waals surface area contributed by atoms with Crippen LogP contribution in [0.1, 0.15) is 34.6 Å². The van der Waals surface area contributed by atoms with E-state index in [1.54, 1.807) is 0 Å². The molecule has 4 rings (SSSR count). The lowest BCUT2D eigenvalue weighted by Gasteiger charge is -2.30. The van der Waals surface area contributed by atoms with Gasteiger partial charge >= 0.3 is 12.4 Å². The number of amides is 1. The Morgan fingerprint density at radius 2 is 1.78 bits per heavy atom. The Morgan fingerprint density at radius 3 is 2.44 bits per heavy atom. The predicted octanol–water partition coefficient (Wildman–Crippen LogP) is 4.90. The number of aliphatic hydroxyl groups excluding tert-OH is 1. The van der Waals surface area contributed by atoms with Gasteiger partial charge in [0.25, 0.3) is 0 Å². The second-order valence-electron chi connectivity index (χ2n) is 8.13. The van der Waals surface area contributed by atoms with Gasteiger partial charge in [0.1, 0.15) is 0 Å². The molecule has 2 aliphatic heterocycles. The van der Waals surface area contributed by atoms with Gasteiger partial charge in [-0.15, -0.1) is 0 Å². The average molecular weight is 459 g/mol. The van der Waals surface area contributed by atoms with Crippen molar-refractivity contribution in [2.24, 2.45) is 5.92 Å². The van der Waals surface area contributed by atoms with Gasteiger partial charge in [-0.1, -0.05) is 24.3 Å². The van der Waals surface area contributed by atoms with Crippen LogP contribution in [-0.4, -0.2) is 29.3 Å². The van der Waals surface area contributed by atoms with E-state index in [2.05, 4.69) is 5.32 Å². The van der Waals surface area contributed by atoms with Gasteiger partial charge in [0, 0.05) is 18.0 Å². The summed E-state index contributed by atoms with van der Waals surface area (Å²) in [6.45, 7) is 1.29. The van der Waals surface area contributed by atoms with Crippen molar-refractivity contribution >= 4 is 11.6 Å². The molecule has 0 spiro atoms. The van der Waals surface area contributed by atoms with E-state index in [1.807, 2.05) is 0 Å². The number of benzene rings is 2. The molecule has 2 N–H and O–H groups in total. The van der Waals surface area contributed by atoms with Crippen LogP contribution in [0.3, 0.4) is 0 Å². The molecule has 32 heavy (non-hydrogen) atoms. The van der Waals surface area contributed by atoms with Gasteiger partial charge < -0.3 is 15.2 Å². The largest absolute Gasteiger partial charge is 0.416 e. The molecule has 0 unspecified atom stereocenters. The van der Waals surface area contributed by atoms with E-state index in [-0.39, 0.29) is 23.2 Å². The molecule has 4 nitrogen and oxygen atoms in total. The first kappa shape index (κ1) is 22.6. The molecule has 2 saturated heterocycles. The molecular formula is C22H19F6NO3. The molecule has 10 heteroatoms. The standard InChI is InChI=1S/C22H19F6NO3/c1-10-5-6-13(8-14(10)22(26,27)28)29-20(31)18-16-9-15(30)19(32-16)17(18)11-3-2-4-12(7-11)21(23,24)25/h2-8,15-19,30H,9H2,1H3,(H,29,31)/t15-,16+,17+,18-,19-/m0/s1. The molecule has 2 aromatic rings. The number of anilines is 1. The van der Waals surface area contributed by atoms with Crippen LogP contribution in [0.4, 0.5) is 32.0 Å². The Hall–Kier alpha value is -2.59. The zero-order chi connectivity index (χ0) is 23.4. The van der Waals surface area contributed by atoms with Crippen molar-refractivity contribution in [2.75, 3.05) is 5.32 Å². The first-order chi connectivity index (χ1) is 14.9. The molecule has 0 aliphatic carbocycles. The van der Waals surface area contributed by atoms with Gasteiger partial charge in [-0.25, -0.2) is 0 Å². The number of carbonyl (C=O) groups excluding carboxylic acids is 1. The monoisotopic (exact) mass is 459 g/mol. The zero-order valence-corrected chi connectivity index (χ0v) is 16.7. The maximum absolute atomic E-state index is 13.2. The van der Waals surface area contributed by atoms with E-state index in [9.17, 15) is 36.2 Å². The van der Waals surface area contributed by atoms with E-state index in [0.29, 0.717) is 0 Å². The molecule has 2 aliphatic rings. The van der Waals surface area contributed by atoms with Crippen LogP contribution < -0.4 is 5.32 Å². The minimum atomic E-state index is -4.61. The number of alkyl halides is 6. The quantitative estimate of drug-likeness (QED) is 0.642. The van der Waals surface area contributed by atoms with Crippen LogP contribution in [0.15, 0.2) is 42.5 Å². The van der Waals surface area contributed by atoms with E-state index in [1.165, 1.54) is 31.2 Å². The van der Waals surface area contributed by atoms with Gasteiger partial charge in [-0.2, -0.15) is 26.3 Å². The highest BCUT2D eigenvalue weighted by atomic mass is 19.4. The summed E-state index contributed by atoms with van der Waals surface area (Å²) in [7, 11) is 0. The van der Waals surface area contributed by atoms with E-state index in [0.717, 1.165) is 18.2 Å². The third-order valence-electron chi connectivity index (χ3n) is 6.04. The molecule has 2 bridgehead atoms. The number of rotatable bonds is 3. The fourth-order valence-corrected chi connectivity index (χ4v) is 4.59. The molecule has 0 saturated carbocycles. The number of ether oxygens (including phenoxy) is 1. The van der Waals surface area contributed by atoms with Crippen LogP contribution >= 0.6 is 0 Å². The first-order valence-electron chi connectivity index (χ1n) is 9.85. The lowest BCUT2D eigenvalue weighted by Crippen LogP contribution is -2.41. The number of hydrogen-bond acceptors (Lipinski definition) is 3. The number of carbonyl (C=O) groups is 1. The number of hydrogen-bond donors (Lipinski definition) is 2. The Bertz CT molecular complexity index is 1040. The Morgan fingerprint density at radius 1 is 1.06 bits per heavy atom.